The zero-order valence-corrected chi connectivity index (χ0v) is 15.6. The molecule has 0 radical (unpaired) electrons. The Morgan fingerprint density at radius 3 is 2.27 bits per heavy atom. The summed E-state index contributed by atoms with van der Waals surface area (Å²) in [6.45, 7) is 1.10. The van der Waals surface area contributed by atoms with Gasteiger partial charge in [-0.15, -0.1) is 0 Å². The first-order valence-electron chi connectivity index (χ1n) is 8.02. The second-order valence-corrected chi connectivity index (χ2v) is 10.0. The summed E-state index contributed by atoms with van der Waals surface area (Å²) in [7, 11) is -7.27. The summed E-state index contributed by atoms with van der Waals surface area (Å²) in [6.07, 6.45) is 1.68. The lowest BCUT2D eigenvalue weighted by molar-refractivity contribution is 0.171. The summed E-state index contributed by atoms with van der Waals surface area (Å²) in [6, 6.07) is 9.07. The molecule has 2 heterocycles. The van der Waals surface area contributed by atoms with Crippen LogP contribution in [0, 0.1) is 0 Å². The van der Waals surface area contributed by atoms with Crippen LogP contribution in [0.4, 0.5) is 5.69 Å². The predicted molar refractivity (Wildman–Crippen MR) is 95.2 cm³/mol. The third-order valence-electron chi connectivity index (χ3n) is 4.44. The van der Waals surface area contributed by atoms with Crippen molar-refractivity contribution in [2.75, 3.05) is 30.3 Å². The number of anilines is 1. The molecule has 4 rings (SSSR count). The van der Waals surface area contributed by atoms with Gasteiger partial charge in [-0.05, 0) is 36.2 Å². The van der Waals surface area contributed by atoms with Crippen LogP contribution in [0.15, 0.2) is 46.2 Å². The van der Waals surface area contributed by atoms with Crippen LogP contribution in [-0.2, 0) is 26.3 Å². The van der Waals surface area contributed by atoms with Crippen LogP contribution < -0.4 is 13.8 Å². The van der Waals surface area contributed by atoms with Crippen LogP contribution in [0.1, 0.15) is 5.56 Å². The largest absolute Gasteiger partial charge is 0.486 e. The standard InChI is InChI=1S/C17H17NO6S2/c1-25(19,20)18-7-6-12-2-3-13(10-15(12)18)26(21,22)14-4-5-16-17(11-14)24-9-8-23-16/h2-5,10-11H,6-9H2,1H3. The minimum atomic E-state index is -3.82. The van der Waals surface area contributed by atoms with Crippen LogP contribution in [0.3, 0.4) is 0 Å². The molecule has 0 spiro atoms. The Bertz CT molecular complexity index is 1090. The molecule has 0 atom stereocenters. The van der Waals surface area contributed by atoms with Gasteiger partial charge in [0.05, 0.1) is 21.7 Å². The Labute approximate surface area is 152 Å². The number of nitrogens with zero attached hydrogens (tertiary/aromatic N) is 1. The quantitative estimate of drug-likeness (QED) is 0.784. The number of benzene rings is 2. The van der Waals surface area contributed by atoms with Gasteiger partial charge in [-0.2, -0.15) is 0 Å². The fraction of sp³-hybridized carbons (Fsp3) is 0.294. The molecule has 0 aromatic heterocycles. The molecule has 2 aromatic carbocycles. The first-order valence-corrected chi connectivity index (χ1v) is 11.4. The van der Waals surface area contributed by atoms with Crippen LogP contribution in [0.25, 0.3) is 0 Å². The highest BCUT2D eigenvalue weighted by Crippen LogP contribution is 2.37. The summed E-state index contributed by atoms with van der Waals surface area (Å²) in [5, 5.41) is 0. The molecule has 2 aliphatic heterocycles. The van der Waals surface area contributed by atoms with Crippen molar-refractivity contribution in [3.8, 4) is 11.5 Å². The summed E-state index contributed by atoms with van der Waals surface area (Å²) in [5.41, 5.74) is 1.24. The second kappa shape index (κ2) is 5.88. The van der Waals surface area contributed by atoms with Crippen LogP contribution >= 0.6 is 0 Å². The van der Waals surface area contributed by atoms with Gasteiger partial charge in [0.25, 0.3) is 0 Å². The molecule has 0 aliphatic carbocycles. The van der Waals surface area contributed by atoms with E-state index in [1.54, 1.807) is 12.1 Å². The molecule has 0 saturated heterocycles. The van der Waals surface area contributed by atoms with Crippen molar-refractivity contribution in [3.05, 3.63) is 42.0 Å². The third-order valence-corrected chi connectivity index (χ3v) is 7.37. The van der Waals surface area contributed by atoms with E-state index in [1.807, 2.05) is 0 Å². The van der Waals surface area contributed by atoms with Crippen molar-refractivity contribution in [3.63, 3.8) is 0 Å². The zero-order valence-electron chi connectivity index (χ0n) is 14.0. The highest BCUT2D eigenvalue weighted by atomic mass is 32.2. The fourth-order valence-electron chi connectivity index (χ4n) is 3.17. The van der Waals surface area contributed by atoms with Gasteiger partial charge in [0.1, 0.15) is 13.2 Å². The topological polar surface area (TPSA) is 90.0 Å². The van der Waals surface area contributed by atoms with E-state index in [2.05, 4.69) is 0 Å². The fourth-order valence-corrected chi connectivity index (χ4v) is 5.41. The predicted octanol–water partition coefficient (Wildman–Crippen LogP) is 1.61. The van der Waals surface area contributed by atoms with E-state index in [4.69, 9.17) is 9.47 Å². The Kier molecular flexibility index (Phi) is 3.89. The average molecular weight is 395 g/mol. The number of sulfone groups is 1. The number of fused-ring (bicyclic) bond motifs is 2. The second-order valence-electron chi connectivity index (χ2n) is 6.18. The maximum atomic E-state index is 13.0. The van der Waals surface area contributed by atoms with Crippen LogP contribution in [0.2, 0.25) is 0 Å². The Hall–Kier alpha value is -2.26. The van der Waals surface area contributed by atoms with Crippen molar-refractivity contribution in [1.29, 1.82) is 0 Å². The lowest BCUT2D eigenvalue weighted by atomic mass is 10.2. The Balaban J connectivity index is 1.78. The number of hydrogen-bond acceptors (Lipinski definition) is 6. The Morgan fingerprint density at radius 1 is 0.885 bits per heavy atom. The van der Waals surface area contributed by atoms with E-state index >= 15 is 0 Å². The van der Waals surface area contributed by atoms with Gasteiger partial charge >= 0.3 is 0 Å². The van der Waals surface area contributed by atoms with E-state index in [-0.39, 0.29) is 9.79 Å². The summed E-state index contributed by atoms with van der Waals surface area (Å²) in [5.74, 6) is 0.892. The van der Waals surface area contributed by atoms with E-state index < -0.39 is 19.9 Å². The summed E-state index contributed by atoms with van der Waals surface area (Å²) < 4.78 is 62.0. The molecule has 2 aromatic rings. The van der Waals surface area contributed by atoms with Crippen molar-refractivity contribution in [1.82, 2.24) is 0 Å². The molecule has 2 aliphatic rings. The molecule has 9 heteroatoms. The van der Waals surface area contributed by atoms with Gasteiger partial charge in [0, 0.05) is 12.6 Å². The minimum absolute atomic E-state index is 0.0449. The van der Waals surface area contributed by atoms with E-state index in [1.165, 1.54) is 28.6 Å². The lowest BCUT2D eigenvalue weighted by Crippen LogP contribution is -2.27. The zero-order chi connectivity index (χ0) is 18.5. The van der Waals surface area contributed by atoms with Crippen LogP contribution in [0.5, 0.6) is 11.5 Å². The molecule has 0 fully saturated rings. The number of sulfonamides is 1. The number of rotatable bonds is 3. The highest BCUT2D eigenvalue weighted by molar-refractivity contribution is 7.92. The van der Waals surface area contributed by atoms with Gasteiger partial charge < -0.3 is 9.47 Å². The molecule has 138 valence electrons. The molecule has 0 amide bonds. The van der Waals surface area contributed by atoms with E-state index in [9.17, 15) is 16.8 Å². The van der Waals surface area contributed by atoms with Crippen LogP contribution in [-0.4, -0.2) is 42.8 Å². The molecular formula is C17H17NO6S2. The van der Waals surface area contributed by atoms with E-state index in [0.717, 1.165) is 11.8 Å². The smallest absolute Gasteiger partial charge is 0.232 e. The molecule has 7 nitrogen and oxygen atoms in total. The van der Waals surface area contributed by atoms with Crippen molar-refractivity contribution in [2.45, 2.75) is 16.2 Å². The first kappa shape index (κ1) is 17.2. The molecular weight excluding hydrogens is 378 g/mol. The SMILES string of the molecule is CS(=O)(=O)N1CCc2ccc(S(=O)(=O)c3ccc4c(c3)OCCO4)cc21. The molecule has 26 heavy (non-hydrogen) atoms. The summed E-state index contributed by atoms with van der Waals surface area (Å²) in [4.78, 5) is 0.120. The maximum absolute atomic E-state index is 13.0. The summed E-state index contributed by atoms with van der Waals surface area (Å²) >= 11 is 0. The van der Waals surface area contributed by atoms with Gasteiger partial charge in [0.2, 0.25) is 19.9 Å². The van der Waals surface area contributed by atoms with Gasteiger partial charge in [-0.25, -0.2) is 16.8 Å². The first-order chi connectivity index (χ1) is 12.3. The maximum Gasteiger partial charge on any atom is 0.232 e. The number of ether oxygens (including phenoxy) is 2. The average Bonchev–Trinajstić information content (AvgIpc) is 3.04. The van der Waals surface area contributed by atoms with Gasteiger partial charge in [0.15, 0.2) is 11.5 Å². The van der Waals surface area contributed by atoms with Gasteiger partial charge in [-0.3, -0.25) is 4.31 Å². The molecule has 0 unspecified atom stereocenters. The monoisotopic (exact) mass is 395 g/mol. The molecule has 0 saturated carbocycles. The lowest BCUT2D eigenvalue weighted by Gasteiger charge is -2.19. The van der Waals surface area contributed by atoms with Crippen molar-refractivity contribution < 1.29 is 26.3 Å². The molecule has 0 N–H and O–H groups in total. The number of hydrogen-bond donors (Lipinski definition) is 0. The van der Waals surface area contributed by atoms with E-state index in [0.29, 0.717) is 43.4 Å². The molecule has 0 bridgehead atoms. The van der Waals surface area contributed by atoms with Crippen molar-refractivity contribution in [2.24, 2.45) is 0 Å². The van der Waals surface area contributed by atoms with Gasteiger partial charge in [-0.1, -0.05) is 6.07 Å². The highest BCUT2D eigenvalue weighted by Gasteiger charge is 2.29. The Morgan fingerprint density at radius 2 is 1.54 bits per heavy atom. The van der Waals surface area contributed by atoms with Crippen molar-refractivity contribution >= 4 is 25.5 Å². The third kappa shape index (κ3) is 2.80. The minimum Gasteiger partial charge on any atom is -0.486 e. The normalized spacial score (nSPS) is 16.4.